The Balaban J connectivity index is 1.81. The molecule has 28 heavy (non-hydrogen) atoms. The number of nitrogens with zero attached hydrogens (tertiary/aromatic N) is 2. The van der Waals surface area contributed by atoms with Gasteiger partial charge in [-0.2, -0.15) is 0 Å². The van der Waals surface area contributed by atoms with Crippen molar-refractivity contribution in [2.45, 2.75) is 26.7 Å². The van der Waals surface area contributed by atoms with E-state index in [1.807, 2.05) is 12.1 Å². The summed E-state index contributed by atoms with van der Waals surface area (Å²) in [5.74, 6) is -0.0000221. The normalized spacial score (nSPS) is 13.4. The second kappa shape index (κ2) is 7.98. The van der Waals surface area contributed by atoms with Crippen LogP contribution in [0, 0.1) is 16.0 Å². The maximum absolute atomic E-state index is 12.5. The molecule has 0 atom stereocenters. The van der Waals surface area contributed by atoms with Gasteiger partial charge in [0.25, 0.3) is 11.6 Å². The SMILES string of the molecule is CC(C)CN1C(=O)CCc2cc(NC(=O)c3ccc([N+](=O)[O-])cc3Cl)ccc21. The highest BCUT2D eigenvalue weighted by Crippen LogP contribution is 2.31. The number of carbonyl (C=O) groups is 2. The van der Waals surface area contributed by atoms with Crippen LogP contribution in [0.15, 0.2) is 36.4 Å². The lowest BCUT2D eigenvalue weighted by molar-refractivity contribution is -0.384. The van der Waals surface area contributed by atoms with E-state index in [4.69, 9.17) is 11.6 Å². The summed E-state index contributed by atoms with van der Waals surface area (Å²) in [6.45, 7) is 4.77. The lowest BCUT2D eigenvalue weighted by Crippen LogP contribution is -2.37. The summed E-state index contributed by atoms with van der Waals surface area (Å²) < 4.78 is 0. The fraction of sp³-hybridized carbons (Fsp3) is 0.300. The molecule has 0 saturated carbocycles. The number of anilines is 2. The highest BCUT2D eigenvalue weighted by molar-refractivity contribution is 6.34. The van der Waals surface area contributed by atoms with Crippen molar-refractivity contribution >= 4 is 40.5 Å². The summed E-state index contributed by atoms with van der Waals surface area (Å²) in [7, 11) is 0. The first-order valence-electron chi connectivity index (χ1n) is 8.95. The van der Waals surface area contributed by atoms with E-state index in [2.05, 4.69) is 19.2 Å². The molecule has 2 aromatic carbocycles. The van der Waals surface area contributed by atoms with Gasteiger partial charge in [-0.3, -0.25) is 19.7 Å². The number of nitrogens with one attached hydrogen (secondary N) is 1. The van der Waals surface area contributed by atoms with Gasteiger partial charge in [-0.15, -0.1) is 0 Å². The van der Waals surface area contributed by atoms with Gasteiger partial charge >= 0.3 is 0 Å². The van der Waals surface area contributed by atoms with Crippen LogP contribution in [0.5, 0.6) is 0 Å². The Bertz CT molecular complexity index is 958. The summed E-state index contributed by atoms with van der Waals surface area (Å²) in [4.78, 5) is 36.8. The molecular weight excluding hydrogens is 382 g/mol. The predicted octanol–water partition coefficient (Wildman–Crippen LogP) is 4.44. The average molecular weight is 402 g/mol. The van der Waals surface area contributed by atoms with Gasteiger partial charge in [0.05, 0.1) is 15.5 Å². The Labute approximate surface area is 167 Å². The van der Waals surface area contributed by atoms with E-state index in [0.717, 1.165) is 17.3 Å². The van der Waals surface area contributed by atoms with E-state index in [1.165, 1.54) is 12.1 Å². The molecule has 146 valence electrons. The number of hydrogen-bond acceptors (Lipinski definition) is 4. The van der Waals surface area contributed by atoms with Crippen molar-refractivity contribution in [3.63, 3.8) is 0 Å². The van der Waals surface area contributed by atoms with Crippen molar-refractivity contribution in [2.75, 3.05) is 16.8 Å². The van der Waals surface area contributed by atoms with Crippen molar-refractivity contribution in [1.82, 2.24) is 0 Å². The fourth-order valence-corrected chi connectivity index (χ4v) is 3.46. The van der Waals surface area contributed by atoms with E-state index in [9.17, 15) is 19.7 Å². The van der Waals surface area contributed by atoms with Gasteiger partial charge in [-0.25, -0.2) is 0 Å². The molecule has 3 rings (SSSR count). The smallest absolute Gasteiger partial charge is 0.270 e. The van der Waals surface area contributed by atoms with Gasteiger partial charge in [0.15, 0.2) is 0 Å². The topological polar surface area (TPSA) is 92.6 Å². The third-order valence-corrected chi connectivity index (χ3v) is 4.81. The molecule has 0 bridgehead atoms. The number of halogens is 1. The Morgan fingerprint density at radius 2 is 2.00 bits per heavy atom. The van der Waals surface area contributed by atoms with Crippen molar-refractivity contribution in [3.05, 3.63) is 62.7 Å². The largest absolute Gasteiger partial charge is 0.322 e. The molecule has 0 spiro atoms. The molecule has 7 nitrogen and oxygen atoms in total. The number of benzene rings is 2. The minimum Gasteiger partial charge on any atom is -0.322 e. The highest BCUT2D eigenvalue weighted by Gasteiger charge is 2.25. The Morgan fingerprint density at radius 3 is 2.64 bits per heavy atom. The highest BCUT2D eigenvalue weighted by atomic mass is 35.5. The molecule has 8 heteroatoms. The number of fused-ring (bicyclic) bond motifs is 1. The van der Waals surface area contributed by atoms with Crippen LogP contribution in [-0.4, -0.2) is 23.3 Å². The summed E-state index contributed by atoms with van der Waals surface area (Å²) in [6, 6.07) is 9.15. The van der Waals surface area contributed by atoms with Crippen molar-refractivity contribution in [2.24, 2.45) is 5.92 Å². The quantitative estimate of drug-likeness (QED) is 0.592. The summed E-state index contributed by atoms with van der Waals surface area (Å²) in [5, 5.41) is 13.6. The molecule has 1 aliphatic heterocycles. The lowest BCUT2D eigenvalue weighted by Gasteiger charge is -2.31. The number of aryl methyl sites for hydroxylation is 1. The lowest BCUT2D eigenvalue weighted by atomic mass is 9.99. The molecule has 0 aliphatic carbocycles. The minimum atomic E-state index is -0.568. The van der Waals surface area contributed by atoms with Crippen LogP contribution in [0.3, 0.4) is 0 Å². The van der Waals surface area contributed by atoms with E-state index >= 15 is 0 Å². The van der Waals surface area contributed by atoms with E-state index < -0.39 is 10.8 Å². The second-order valence-corrected chi connectivity index (χ2v) is 7.52. The number of hydrogen-bond donors (Lipinski definition) is 1. The number of amides is 2. The molecule has 0 aromatic heterocycles. The minimum absolute atomic E-state index is 0.0124. The molecule has 0 radical (unpaired) electrons. The van der Waals surface area contributed by atoms with Gasteiger partial charge in [0.2, 0.25) is 5.91 Å². The maximum atomic E-state index is 12.5. The van der Waals surface area contributed by atoms with Crippen LogP contribution < -0.4 is 10.2 Å². The van der Waals surface area contributed by atoms with Crippen LogP contribution in [-0.2, 0) is 11.2 Å². The molecule has 1 N–H and O–H groups in total. The number of non-ortho nitro benzene ring substituents is 1. The zero-order chi connectivity index (χ0) is 20.4. The third kappa shape index (κ3) is 4.14. The Morgan fingerprint density at radius 1 is 1.25 bits per heavy atom. The molecule has 0 fully saturated rings. The Hall–Kier alpha value is -2.93. The maximum Gasteiger partial charge on any atom is 0.270 e. The van der Waals surface area contributed by atoms with Gasteiger partial charge in [0.1, 0.15) is 0 Å². The molecule has 2 aromatic rings. The zero-order valence-electron chi connectivity index (χ0n) is 15.6. The molecular formula is C20H20ClN3O4. The van der Waals surface area contributed by atoms with E-state index in [-0.39, 0.29) is 22.2 Å². The number of rotatable bonds is 5. The molecule has 1 aliphatic rings. The number of nitro benzene ring substituents is 1. The van der Waals surface area contributed by atoms with Crippen molar-refractivity contribution in [1.29, 1.82) is 0 Å². The van der Waals surface area contributed by atoms with Crippen LogP contribution in [0.4, 0.5) is 17.1 Å². The molecule has 2 amide bonds. The molecule has 1 heterocycles. The monoisotopic (exact) mass is 401 g/mol. The first-order chi connectivity index (χ1) is 13.3. The van der Waals surface area contributed by atoms with Crippen molar-refractivity contribution in [3.8, 4) is 0 Å². The van der Waals surface area contributed by atoms with Gasteiger partial charge in [0, 0.05) is 36.5 Å². The van der Waals surface area contributed by atoms with Crippen LogP contribution in [0.1, 0.15) is 36.2 Å². The van der Waals surface area contributed by atoms with Gasteiger partial charge in [-0.1, -0.05) is 25.4 Å². The van der Waals surface area contributed by atoms with Gasteiger partial charge in [-0.05, 0) is 42.2 Å². The summed E-state index contributed by atoms with van der Waals surface area (Å²) in [6.07, 6.45) is 1.05. The fourth-order valence-electron chi connectivity index (χ4n) is 3.20. The van der Waals surface area contributed by atoms with E-state index in [1.54, 1.807) is 11.0 Å². The predicted molar refractivity (Wildman–Crippen MR) is 108 cm³/mol. The first-order valence-corrected chi connectivity index (χ1v) is 9.32. The summed E-state index contributed by atoms with van der Waals surface area (Å²) >= 11 is 6.02. The third-order valence-electron chi connectivity index (χ3n) is 4.49. The number of nitro groups is 1. The summed E-state index contributed by atoms with van der Waals surface area (Å²) in [5.41, 5.74) is 2.42. The average Bonchev–Trinajstić information content (AvgIpc) is 2.63. The molecule has 0 unspecified atom stereocenters. The Kier molecular flexibility index (Phi) is 5.65. The van der Waals surface area contributed by atoms with Crippen LogP contribution in [0.25, 0.3) is 0 Å². The number of carbonyl (C=O) groups excluding carboxylic acids is 2. The zero-order valence-corrected chi connectivity index (χ0v) is 16.3. The molecule has 0 saturated heterocycles. The standard InChI is InChI=1S/C20H20ClN3O4/c1-12(2)11-23-18-7-4-14(9-13(18)3-8-19(23)25)22-20(26)16-6-5-15(24(27)28)10-17(16)21/h4-7,9-10,12H,3,8,11H2,1-2H3,(H,22,26). The van der Waals surface area contributed by atoms with E-state index in [0.29, 0.717) is 31.0 Å². The first kappa shape index (κ1) is 19.8. The van der Waals surface area contributed by atoms with Crippen LogP contribution >= 0.6 is 11.6 Å². The second-order valence-electron chi connectivity index (χ2n) is 7.12. The van der Waals surface area contributed by atoms with Crippen LogP contribution in [0.2, 0.25) is 5.02 Å². The van der Waals surface area contributed by atoms with Crippen molar-refractivity contribution < 1.29 is 14.5 Å². The van der Waals surface area contributed by atoms with Gasteiger partial charge < -0.3 is 10.2 Å².